The highest BCUT2D eigenvalue weighted by Crippen LogP contribution is 2.12. The SMILES string of the molecule is CC/C=C\C/C=C\C/C=C\CCCCCCC(=O)OC(COC(=O)CC/C=C\C/C=C\CCCCCCCC)COC(=O)CCCCCCC\C=C/C=C\C=C/C=C\C=C/CCC. The molecule has 6 nitrogen and oxygen atoms in total. The van der Waals surface area contributed by atoms with Gasteiger partial charge in [0.1, 0.15) is 13.2 Å². The molecule has 63 heavy (non-hydrogen) atoms. The van der Waals surface area contributed by atoms with E-state index in [4.69, 9.17) is 14.2 Å². The quantitative estimate of drug-likeness (QED) is 0.0200. The van der Waals surface area contributed by atoms with E-state index in [2.05, 4.69) is 99.8 Å². The van der Waals surface area contributed by atoms with Crippen molar-refractivity contribution >= 4 is 17.9 Å². The molecule has 0 N–H and O–H groups in total. The summed E-state index contributed by atoms with van der Waals surface area (Å²) in [4.78, 5) is 37.9. The maximum absolute atomic E-state index is 12.8. The van der Waals surface area contributed by atoms with Crippen molar-refractivity contribution in [3.8, 4) is 0 Å². The molecule has 0 heterocycles. The second-order valence-corrected chi connectivity index (χ2v) is 16.1. The minimum Gasteiger partial charge on any atom is -0.462 e. The first kappa shape index (κ1) is 58.8. The van der Waals surface area contributed by atoms with Gasteiger partial charge < -0.3 is 14.2 Å². The van der Waals surface area contributed by atoms with Gasteiger partial charge in [-0.1, -0.05) is 213 Å². The Balaban J connectivity index is 4.56. The Bertz CT molecular complexity index is 1370. The second-order valence-electron chi connectivity index (χ2n) is 16.1. The number of hydrogen-bond donors (Lipinski definition) is 0. The maximum atomic E-state index is 12.8. The minimum absolute atomic E-state index is 0.122. The number of esters is 3. The summed E-state index contributed by atoms with van der Waals surface area (Å²) in [6, 6.07) is 0. The van der Waals surface area contributed by atoms with Crippen LogP contribution in [0.25, 0.3) is 0 Å². The minimum atomic E-state index is -0.826. The molecule has 0 saturated carbocycles. The van der Waals surface area contributed by atoms with Gasteiger partial charge >= 0.3 is 17.9 Å². The first-order valence-electron chi connectivity index (χ1n) is 25.1. The predicted octanol–water partition coefficient (Wildman–Crippen LogP) is 16.5. The van der Waals surface area contributed by atoms with Crippen molar-refractivity contribution in [1.82, 2.24) is 0 Å². The van der Waals surface area contributed by atoms with Crippen LogP contribution in [0.2, 0.25) is 0 Å². The molecule has 0 radical (unpaired) electrons. The van der Waals surface area contributed by atoms with E-state index in [1.165, 1.54) is 44.9 Å². The third-order valence-electron chi connectivity index (χ3n) is 10.0. The zero-order chi connectivity index (χ0) is 45.8. The van der Waals surface area contributed by atoms with Gasteiger partial charge in [0, 0.05) is 19.3 Å². The van der Waals surface area contributed by atoms with Crippen molar-refractivity contribution < 1.29 is 28.6 Å². The molecule has 0 aliphatic heterocycles. The average Bonchev–Trinajstić information content (AvgIpc) is 3.28. The van der Waals surface area contributed by atoms with E-state index in [-0.39, 0.29) is 44.0 Å². The molecule has 0 aliphatic carbocycles. The fraction of sp³-hybridized carbons (Fsp3) is 0.596. The highest BCUT2D eigenvalue weighted by atomic mass is 16.6. The molecule has 0 amide bonds. The van der Waals surface area contributed by atoms with Crippen LogP contribution in [0.4, 0.5) is 0 Å². The Hall–Kier alpha value is -4.19. The molecular formula is C57H90O6. The molecule has 1 atom stereocenters. The zero-order valence-electron chi connectivity index (χ0n) is 40.3. The van der Waals surface area contributed by atoms with E-state index in [9.17, 15) is 14.4 Å². The maximum Gasteiger partial charge on any atom is 0.306 e. The number of hydrogen-bond acceptors (Lipinski definition) is 6. The van der Waals surface area contributed by atoms with Crippen LogP contribution in [0.15, 0.2) is 122 Å². The monoisotopic (exact) mass is 871 g/mol. The Kier molecular flexibility index (Phi) is 47.1. The molecule has 0 bridgehead atoms. The number of allylic oxidation sites excluding steroid dienone is 20. The Morgan fingerprint density at radius 1 is 0.349 bits per heavy atom. The van der Waals surface area contributed by atoms with E-state index in [0.29, 0.717) is 12.8 Å². The Morgan fingerprint density at radius 2 is 0.746 bits per heavy atom. The molecule has 0 saturated heterocycles. The summed E-state index contributed by atoms with van der Waals surface area (Å²) in [5.74, 6) is -1.05. The smallest absolute Gasteiger partial charge is 0.306 e. The summed E-state index contributed by atoms with van der Waals surface area (Å²) in [6.45, 7) is 6.31. The van der Waals surface area contributed by atoms with Crippen molar-refractivity contribution in [2.24, 2.45) is 0 Å². The van der Waals surface area contributed by atoms with Gasteiger partial charge in [0.05, 0.1) is 0 Å². The number of carbonyl (C=O) groups is 3. The van der Waals surface area contributed by atoms with Crippen LogP contribution in [0, 0.1) is 0 Å². The molecule has 0 aliphatic rings. The lowest BCUT2D eigenvalue weighted by atomic mass is 10.1. The molecule has 354 valence electrons. The molecule has 6 heteroatoms. The summed E-state index contributed by atoms with van der Waals surface area (Å²) in [6.07, 6.45) is 69.0. The normalized spacial score (nSPS) is 13.1. The van der Waals surface area contributed by atoms with Gasteiger partial charge in [0.15, 0.2) is 6.10 Å². The van der Waals surface area contributed by atoms with Crippen molar-refractivity contribution in [3.05, 3.63) is 122 Å². The van der Waals surface area contributed by atoms with Crippen LogP contribution >= 0.6 is 0 Å². The van der Waals surface area contributed by atoms with Crippen molar-refractivity contribution in [2.45, 2.75) is 207 Å². The van der Waals surface area contributed by atoms with E-state index in [0.717, 1.165) is 109 Å². The zero-order valence-corrected chi connectivity index (χ0v) is 40.3. The predicted molar refractivity (Wildman–Crippen MR) is 269 cm³/mol. The molecule has 0 aromatic carbocycles. The molecule has 0 spiro atoms. The summed E-state index contributed by atoms with van der Waals surface area (Å²) in [7, 11) is 0. The Morgan fingerprint density at radius 3 is 1.27 bits per heavy atom. The molecule has 1 unspecified atom stereocenters. The summed E-state index contributed by atoms with van der Waals surface area (Å²) in [5.41, 5.74) is 0. The van der Waals surface area contributed by atoms with Gasteiger partial charge in [-0.25, -0.2) is 0 Å². The average molecular weight is 871 g/mol. The standard InChI is InChI=1S/C57H90O6/c1-4-7-10-13-16-19-22-25-27-28-29-30-33-35-38-41-44-47-50-56(59)62-53-54(52-61-55(58)49-46-43-40-37-34-31-24-21-18-15-12-9-6-3)63-57(60)51-48-45-42-39-36-32-26-23-20-17-14-11-8-5-2/h8,10-11,13,16-17,19-20,22,25-32,34,40,43,54H,4-7,9,12,14-15,18,21,23-24,33,35-39,41-42,44-53H2,1-3H3/b11-8-,13-10-,19-16-,20-17-,25-22-,28-27-,30-29-,32-26-,34-31-,43-40-. The molecule has 0 aromatic heterocycles. The fourth-order valence-electron chi connectivity index (χ4n) is 6.30. The first-order chi connectivity index (χ1) is 31.0. The van der Waals surface area contributed by atoms with E-state index >= 15 is 0 Å². The largest absolute Gasteiger partial charge is 0.462 e. The highest BCUT2D eigenvalue weighted by molar-refractivity contribution is 5.71. The number of ether oxygens (including phenoxy) is 3. The van der Waals surface area contributed by atoms with Crippen LogP contribution in [0.1, 0.15) is 201 Å². The number of unbranched alkanes of at least 4 members (excludes halogenated alkanes) is 16. The fourth-order valence-corrected chi connectivity index (χ4v) is 6.30. The number of carbonyl (C=O) groups excluding carboxylic acids is 3. The van der Waals surface area contributed by atoms with Crippen molar-refractivity contribution in [3.63, 3.8) is 0 Å². The number of rotatable bonds is 43. The van der Waals surface area contributed by atoms with Crippen LogP contribution in [-0.4, -0.2) is 37.2 Å². The van der Waals surface area contributed by atoms with E-state index in [1.54, 1.807) is 0 Å². The van der Waals surface area contributed by atoms with Crippen LogP contribution in [0.3, 0.4) is 0 Å². The molecule has 0 aromatic rings. The Labute approximate surface area is 386 Å². The van der Waals surface area contributed by atoms with Crippen molar-refractivity contribution in [1.29, 1.82) is 0 Å². The highest BCUT2D eigenvalue weighted by Gasteiger charge is 2.19. The van der Waals surface area contributed by atoms with E-state index in [1.807, 2.05) is 42.5 Å². The lowest BCUT2D eigenvalue weighted by Gasteiger charge is -2.18. The first-order valence-corrected chi connectivity index (χ1v) is 25.1. The van der Waals surface area contributed by atoms with Gasteiger partial charge in [0.2, 0.25) is 0 Å². The lowest BCUT2D eigenvalue weighted by molar-refractivity contribution is -0.166. The molecule has 0 fully saturated rings. The third-order valence-corrected chi connectivity index (χ3v) is 10.0. The summed E-state index contributed by atoms with van der Waals surface area (Å²) >= 11 is 0. The molecule has 0 rings (SSSR count). The lowest BCUT2D eigenvalue weighted by Crippen LogP contribution is -2.30. The van der Waals surface area contributed by atoms with Gasteiger partial charge in [0.25, 0.3) is 0 Å². The summed E-state index contributed by atoms with van der Waals surface area (Å²) in [5, 5.41) is 0. The van der Waals surface area contributed by atoms with Gasteiger partial charge in [-0.15, -0.1) is 0 Å². The van der Waals surface area contributed by atoms with Gasteiger partial charge in [-0.2, -0.15) is 0 Å². The van der Waals surface area contributed by atoms with Crippen LogP contribution < -0.4 is 0 Å². The second kappa shape index (κ2) is 50.5. The molecular weight excluding hydrogens is 781 g/mol. The van der Waals surface area contributed by atoms with Gasteiger partial charge in [-0.05, 0) is 89.9 Å². The van der Waals surface area contributed by atoms with Crippen LogP contribution in [-0.2, 0) is 28.6 Å². The van der Waals surface area contributed by atoms with E-state index < -0.39 is 6.10 Å². The topological polar surface area (TPSA) is 78.9 Å². The van der Waals surface area contributed by atoms with Crippen molar-refractivity contribution in [2.75, 3.05) is 13.2 Å². The third kappa shape index (κ3) is 48.7. The summed E-state index contributed by atoms with van der Waals surface area (Å²) < 4.78 is 16.7. The van der Waals surface area contributed by atoms with Gasteiger partial charge in [-0.3, -0.25) is 14.4 Å². The van der Waals surface area contributed by atoms with Crippen LogP contribution in [0.5, 0.6) is 0 Å².